The molecule has 1 aromatic carbocycles. The van der Waals surface area contributed by atoms with Gasteiger partial charge in [0.2, 0.25) is 0 Å². The van der Waals surface area contributed by atoms with Gasteiger partial charge in [-0.25, -0.2) is 0 Å². The van der Waals surface area contributed by atoms with Crippen molar-refractivity contribution in [2.45, 2.75) is 25.8 Å². The van der Waals surface area contributed by atoms with Crippen molar-refractivity contribution in [1.82, 2.24) is 4.90 Å². The zero-order valence-corrected chi connectivity index (χ0v) is 8.41. The Kier molecular flexibility index (Phi) is 3.04. The van der Waals surface area contributed by atoms with Gasteiger partial charge in [-0.1, -0.05) is 18.6 Å². The summed E-state index contributed by atoms with van der Waals surface area (Å²) in [5, 5.41) is 11.1. The van der Waals surface area contributed by atoms with Crippen molar-refractivity contribution >= 4 is 0 Å². The largest absolute Gasteiger partial charge is 0.299 e. The summed E-state index contributed by atoms with van der Waals surface area (Å²) in [5.74, 6) is 0.125. The third-order valence-electron chi connectivity index (χ3n) is 2.75. The van der Waals surface area contributed by atoms with Gasteiger partial charge in [0.1, 0.15) is 0 Å². The third kappa shape index (κ3) is 2.48. The van der Waals surface area contributed by atoms with E-state index in [-0.39, 0.29) is 5.75 Å². The average Bonchev–Trinajstić information content (AvgIpc) is 2.19. The van der Waals surface area contributed by atoms with Crippen LogP contribution in [0.1, 0.15) is 24.8 Å². The van der Waals surface area contributed by atoms with Crippen LogP contribution >= 0.6 is 0 Å². The predicted octanol–water partition coefficient (Wildman–Crippen LogP) is 2.82. The number of nitrogens with zero attached hydrogens (tertiary/aromatic N) is 1. The minimum absolute atomic E-state index is 0.125. The van der Waals surface area contributed by atoms with E-state index in [9.17, 15) is 5.11 Å². The van der Waals surface area contributed by atoms with Crippen LogP contribution < -0.4 is 0 Å². The first-order valence-electron chi connectivity index (χ1n) is 5.33. The second-order valence-electron chi connectivity index (χ2n) is 3.98. The van der Waals surface area contributed by atoms with E-state index in [1.807, 2.05) is 12.1 Å². The number of hydrogen-bond acceptors (Lipinski definition) is 1. The standard InChI is InChI=1S/C12H16NO/c14-12-6-4-5-11(9-12)10-13-7-2-1-3-8-13/h4-6,9H,1-3,7-8,10H2. The maximum absolute atomic E-state index is 11.1. The molecule has 1 heterocycles. The zero-order chi connectivity index (χ0) is 9.80. The minimum Gasteiger partial charge on any atom is -0.299 e. The van der Waals surface area contributed by atoms with Crippen molar-refractivity contribution in [1.29, 1.82) is 0 Å². The number of rotatable bonds is 2. The van der Waals surface area contributed by atoms with Gasteiger partial charge in [-0.05, 0) is 43.6 Å². The molecule has 1 radical (unpaired) electrons. The van der Waals surface area contributed by atoms with Crippen LogP contribution in [0.3, 0.4) is 0 Å². The van der Waals surface area contributed by atoms with Crippen LogP contribution in [0, 0.1) is 0 Å². The lowest BCUT2D eigenvalue weighted by atomic mass is 10.1. The Hall–Kier alpha value is -1.02. The molecule has 1 saturated heterocycles. The fraction of sp³-hybridized carbons (Fsp3) is 0.500. The van der Waals surface area contributed by atoms with Crippen molar-refractivity contribution in [2.24, 2.45) is 0 Å². The Morgan fingerprint density at radius 1 is 1.14 bits per heavy atom. The Labute approximate surface area is 85.2 Å². The van der Waals surface area contributed by atoms with Crippen LogP contribution in [0.5, 0.6) is 5.75 Å². The lowest BCUT2D eigenvalue weighted by Crippen LogP contribution is -2.28. The van der Waals surface area contributed by atoms with E-state index in [2.05, 4.69) is 4.90 Å². The Balaban J connectivity index is 1.95. The third-order valence-corrected chi connectivity index (χ3v) is 2.75. The van der Waals surface area contributed by atoms with Crippen LogP contribution in [-0.4, -0.2) is 18.0 Å². The van der Waals surface area contributed by atoms with Crippen LogP contribution in [-0.2, 0) is 11.7 Å². The van der Waals surface area contributed by atoms with E-state index < -0.39 is 0 Å². The lowest BCUT2D eigenvalue weighted by molar-refractivity contribution is 0.220. The smallest absolute Gasteiger partial charge is 0.178 e. The zero-order valence-electron chi connectivity index (χ0n) is 8.41. The van der Waals surface area contributed by atoms with Crippen LogP contribution in [0.15, 0.2) is 24.3 Å². The maximum Gasteiger partial charge on any atom is 0.178 e. The molecule has 0 spiro atoms. The first-order chi connectivity index (χ1) is 6.84. The molecule has 1 aromatic rings. The van der Waals surface area contributed by atoms with Gasteiger partial charge in [0, 0.05) is 6.54 Å². The first-order valence-corrected chi connectivity index (χ1v) is 5.33. The molecular weight excluding hydrogens is 174 g/mol. The highest BCUT2D eigenvalue weighted by Crippen LogP contribution is 2.16. The molecular formula is C12H16NO. The molecule has 0 amide bonds. The quantitative estimate of drug-likeness (QED) is 0.703. The maximum atomic E-state index is 11.1. The summed E-state index contributed by atoms with van der Waals surface area (Å²) in [6.45, 7) is 3.31. The van der Waals surface area contributed by atoms with Crippen molar-refractivity contribution in [3.63, 3.8) is 0 Å². The van der Waals surface area contributed by atoms with Crippen molar-refractivity contribution < 1.29 is 5.11 Å². The summed E-state index contributed by atoms with van der Waals surface area (Å²) < 4.78 is 0. The Bertz CT molecular complexity index is 292. The molecule has 1 aliphatic rings. The van der Waals surface area contributed by atoms with E-state index in [0.717, 1.165) is 12.1 Å². The summed E-state index contributed by atoms with van der Waals surface area (Å²) in [7, 11) is 0. The number of benzene rings is 1. The summed E-state index contributed by atoms with van der Waals surface area (Å²) in [4.78, 5) is 2.43. The molecule has 0 atom stereocenters. The highest BCUT2D eigenvalue weighted by Gasteiger charge is 2.10. The molecule has 2 nitrogen and oxygen atoms in total. The summed E-state index contributed by atoms with van der Waals surface area (Å²) in [5.41, 5.74) is 1.15. The molecule has 2 heteroatoms. The highest BCUT2D eigenvalue weighted by atomic mass is 16.3. The first kappa shape index (κ1) is 9.53. The van der Waals surface area contributed by atoms with Gasteiger partial charge in [0.15, 0.2) is 5.75 Å². The predicted molar refractivity (Wildman–Crippen MR) is 55.7 cm³/mol. The van der Waals surface area contributed by atoms with E-state index in [4.69, 9.17) is 0 Å². The lowest BCUT2D eigenvalue weighted by Gasteiger charge is -2.26. The van der Waals surface area contributed by atoms with Gasteiger partial charge in [-0.3, -0.25) is 10.0 Å². The van der Waals surface area contributed by atoms with Gasteiger partial charge in [0.25, 0.3) is 0 Å². The molecule has 14 heavy (non-hydrogen) atoms. The molecule has 2 rings (SSSR count). The fourth-order valence-corrected chi connectivity index (χ4v) is 2.02. The molecule has 0 aliphatic carbocycles. The van der Waals surface area contributed by atoms with Gasteiger partial charge < -0.3 is 0 Å². The van der Waals surface area contributed by atoms with Crippen LogP contribution in [0.2, 0.25) is 0 Å². The van der Waals surface area contributed by atoms with E-state index in [1.165, 1.54) is 32.4 Å². The van der Waals surface area contributed by atoms with Gasteiger partial charge in [-0.15, -0.1) is 0 Å². The molecule has 0 N–H and O–H groups in total. The fourth-order valence-electron chi connectivity index (χ4n) is 2.02. The normalized spacial score (nSPS) is 18.3. The molecule has 1 fully saturated rings. The van der Waals surface area contributed by atoms with Crippen molar-refractivity contribution in [3.8, 4) is 5.75 Å². The molecule has 75 valence electrons. The average molecular weight is 190 g/mol. The SMILES string of the molecule is [O]c1cccc(CN2CCCCC2)c1. The minimum atomic E-state index is 0.125. The topological polar surface area (TPSA) is 23.1 Å². The number of likely N-dealkylation sites (tertiary alicyclic amines) is 1. The van der Waals surface area contributed by atoms with E-state index >= 15 is 0 Å². The monoisotopic (exact) mass is 190 g/mol. The van der Waals surface area contributed by atoms with E-state index in [1.54, 1.807) is 12.1 Å². The number of piperidine rings is 1. The summed E-state index contributed by atoms with van der Waals surface area (Å²) >= 11 is 0. The molecule has 1 aliphatic heterocycles. The van der Waals surface area contributed by atoms with Gasteiger partial charge >= 0.3 is 0 Å². The number of hydrogen-bond donors (Lipinski definition) is 0. The van der Waals surface area contributed by atoms with Crippen molar-refractivity contribution in [2.75, 3.05) is 13.1 Å². The Morgan fingerprint density at radius 3 is 2.64 bits per heavy atom. The molecule has 0 saturated carbocycles. The molecule has 0 unspecified atom stereocenters. The van der Waals surface area contributed by atoms with E-state index in [0.29, 0.717) is 0 Å². The van der Waals surface area contributed by atoms with Crippen LogP contribution in [0.4, 0.5) is 0 Å². The Morgan fingerprint density at radius 2 is 1.93 bits per heavy atom. The summed E-state index contributed by atoms with van der Waals surface area (Å²) in [6, 6.07) is 7.24. The second kappa shape index (κ2) is 4.47. The van der Waals surface area contributed by atoms with Gasteiger partial charge in [0.05, 0.1) is 0 Å². The van der Waals surface area contributed by atoms with Gasteiger partial charge in [-0.2, -0.15) is 0 Å². The molecule has 0 bridgehead atoms. The van der Waals surface area contributed by atoms with Crippen LogP contribution in [0.25, 0.3) is 0 Å². The second-order valence-corrected chi connectivity index (χ2v) is 3.98. The van der Waals surface area contributed by atoms with Crippen molar-refractivity contribution in [3.05, 3.63) is 29.8 Å². The summed E-state index contributed by atoms with van der Waals surface area (Å²) in [6.07, 6.45) is 3.96. The molecule has 0 aromatic heterocycles. The highest BCUT2D eigenvalue weighted by molar-refractivity contribution is 5.26.